The third-order valence-electron chi connectivity index (χ3n) is 7.16. The van der Waals surface area contributed by atoms with Gasteiger partial charge in [0, 0.05) is 46.0 Å². The lowest BCUT2D eigenvalue weighted by atomic mass is 10.1. The van der Waals surface area contributed by atoms with Gasteiger partial charge in [0.05, 0.1) is 19.2 Å². The Labute approximate surface area is 236 Å². The molecule has 208 valence electrons. The molecule has 4 aromatic rings. The Morgan fingerprint density at radius 1 is 1.02 bits per heavy atom. The van der Waals surface area contributed by atoms with E-state index in [1.165, 1.54) is 18.7 Å². The molecular weight excluding hydrogens is 530 g/mol. The summed E-state index contributed by atoms with van der Waals surface area (Å²) in [4.78, 5) is 46.6. The molecule has 12 heteroatoms. The molecule has 0 bridgehead atoms. The number of esters is 1. The Hall–Kier alpha value is -4.45. The van der Waals surface area contributed by atoms with E-state index in [9.17, 15) is 14.4 Å². The van der Waals surface area contributed by atoms with Crippen molar-refractivity contribution in [3.05, 3.63) is 86.1 Å². The predicted octanol–water partition coefficient (Wildman–Crippen LogP) is 2.10. The first-order valence-electron chi connectivity index (χ1n) is 12.9. The van der Waals surface area contributed by atoms with Gasteiger partial charge < -0.3 is 19.9 Å². The van der Waals surface area contributed by atoms with Crippen LogP contribution in [0.4, 0.5) is 11.6 Å². The number of aromatic nitrogens is 4. The first-order valence-corrected chi connectivity index (χ1v) is 13.3. The molecule has 3 heterocycles. The summed E-state index contributed by atoms with van der Waals surface area (Å²) in [5.74, 6) is 0.253. The zero-order valence-electron chi connectivity index (χ0n) is 22.9. The van der Waals surface area contributed by atoms with Crippen molar-refractivity contribution in [1.29, 1.82) is 0 Å². The van der Waals surface area contributed by atoms with Gasteiger partial charge in [0.2, 0.25) is 5.95 Å². The molecule has 0 saturated carbocycles. The number of nitrogens with one attached hydrogen (secondary N) is 1. The van der Waals surface area contributed by atoms with E-state index in [1.54, 1.807) is 31.3 Å². The second-order valence-corrected chi connectivity index (χ2v) is 10.2. The minimum Gasteiger partial charge on any atom is -0.465 e. The number of anilines is 2. The average molecular weight is 562 g/mol. The van der Waals surface area contributed by atoms with E-state index in [-0.39, 0.29) is 5.56 Å². The molecule has 2 aromatic carbocycles. The van der Waals surface area contributed by atoms with Crippen molar-refractivity contribution >= 4 is 46.1 Å². The first kappa shape index (κ1) is 27.1. The predicted molar refractivity (Wildman–Crippen MR) is 158 cm³/mol. The van der Waals surface area contributed by atoms with E-state index in [1.807, 2.05) is 29.7 Å². The number of methoxy groups -OCH3 is 1. The maximum absolute atomic E-state index is 13.3. The molecule has 1 aliphatic rings. The maximum Gasteiger partial charge on any atom is 0.337 e. The van der Waals surface area contributed by atoms with Gasteiger partial charge in [-0.25, -0.2) is 9.59 Å². The first-order chi connectivity index (χ1) is 19.2. The number of aryl methyl sites for hydroxylation is 2. The highest BCUT2D eigenvalue weighted by Gasteiger charge is 2.26. The van der Waals surface area contributed by atoms with Crippen LogP contribution >= 0.6 is 12.2 Å². The number of ether oxygens (including phenoxy) is 1. The van der Waals surface area contributed by atoms with Gasteiger partial charge in [-0.05, 0) is 49.0 Å². The number of thiocarbonyl (C=S) groups is 1. The van der Waals surface area contributed by atoms with E-state index >= 15 is 0 Å². The van der Waals surface area contributed by atoms with Crippen LogP contribution in [0.3, 0.4) is 0 Å². The summed E-state index contributed by atoms with van der Waals surface area (Å²) in [5.41, 5.74) is 3.39. The van der Waals surface area contributed by atoms with Crippen molar-refractivity contribution in [2.24, 2.45) is 14.1 Å². The second kappa shape index (κ2) is 11.0. The third-order valence-corrected chi connectivity index (χ3v) is 7.52. The normalized spacial score (nSPS) is 13.5. The van der Waals surface area contributed by atoms with Crippen LogP contribution in [0.25, 0.3) is 11.2 Å². The van der Waals surface area contributed by atoms with E-state index in [0.29, 0.717) is 60.5 Å². The van der Waals surface area contributed by atoms with Crippen molar-refractivity contribution < 1.29 is 9.53 Å². The Kier molecular flexibility index (Phi) is 7.44. The lowest BCUT2D eigenvalue weighted by Gasteiger charge is -2.36. The van der Waals surface area contributed by atoms with Gasteiger partial charge in [-0.15, -0.1) is 0 Å². The number of carbonyl (C=O) groups excluding carboxylic acids is 1. The zero-order valence-corrected chi connectivity index (χ0v) is 23.7. The summed E-state index contributed by atoms with van der Waals surface area (Å²) < 4.78 is 9.22. The van der Waals surface area contributed by atoms with Crippen LogP contribution in [-0.2, 0) is 25.4 Å². The minimum absolute atomic E-state index is 0.366. The Morgan fingerprint density at radius 2 is 1.73 bits per heavy atom. The molecule has 11 nitrogen and oxygen atoms in total. The quantitative estimate of drug-likeness (QED) is 0.290. The molecule has 1 aliphatic heterocycles. The van der Waals surface area contributed by atoms with Crippen LogP contribution in [0.5, 0.6) is 0 Å². The summed E-state index contributed by atoms with van der Waals surface area (Å²) in [6.07, 6.45) is 0. The number of hydrogen-bond donors (Lipinski definition) is 1. The second-order valence-electron chi connectivity index (χ2n) is 9.84. The number of hydrogen-bond acceptors (Lipinski definition) is 7. The standard InChI is InChI=1S/C28H31N7O4S/c1-18-6-5-7-19(16-18)17-35-22-23(31(2)28(38)32(3)24(22)36)30-26(35)33-12-14-34(15-13-33)27(40)29-21-10-8-20(9-11-21)25(37)39-4/h5-11,16H,12-15,17H2,1-4H3,(H,29,40). The Morgan fingerprint density at radius 3 is 2.38 bits per heavy atom. The number of nitrogens with zero attached hydrogens (tertiary/aromatic N) is 6. The number of carbonyl (C=O) groups is 1. The fraction of sp³-hybridized carbons (Fsp3) is 0.321. The molecule has 0 atom stereocenters. The van der Waals surface area contributed by atoms with E-state index in [4.69, 9.17) is 21.9 Å². The summed E-state index contributed by atoms with van der Waals surface area (Å²) in [6, 6.07) is 15.1. The van der Waals surface area contributed by atoms with Gasteiger partial charge in [-0.1, -0.05) is 29.8 Å². The Bertz CT molecular complexity index is 1710. The number of benzene rings is 2. The van der Waals surface area contributed by atoms with Crippen molar-refractivity contribution in [3.8, 4) is 0 Å². The van der Waals surface area contributed by atoms with Gasteiger partial charge in [-0.3, -0.25) is 18.5 Å². The van der Waals surface area contributed by atoms with E-state index in [2.05, 4.69) is 21.2 Å². The SMILES string of the molecule is COC(=O)c1ccc(NC(=S)N2CCN(c3nc4c(c(=O)n(C)c(=O)n4C)n3Cc3cccc(C)c3)CC2)cc1. The smallest absolute Gasteiger partial charge is 0.337 e. The average Bonchev–Trinajstić information content (AvgIpc) is 3.34. The van der Waals surface area contributed by atoms with Gasteiger partial charge in [0.25, 0.3) is 5.56 Å². The van der Waals surface area contributed by atoms with Gasteiger partial charge in [0.15, 0.2) is 16.3 Å². The van der Waals surface area contributed by atoms with Crippen LogP contribution in [0, 0.1) is 6.92 Å². The zero-order chi connectivity index (χ0) is 28.6. The number of rotatable bonds is 5. The topological polar surface area (TPSA) is 107 Å². The lowest BCUT2D eigenvalue weighted by Crippen LogP contribution is -2.50. The number of piperazine rings is 1. The molecule has 1 fully saturated rings. The van der Waals surface area contributed by atoms with Gasteiger partial charge in [-0.2, -0.15) is 4.98 Å². The maximum atomic E-state index is 13.3. The molecule has 0 radical (unpaired) electrons. The summed E-state index contributed by atoms with van der Waals surface area (Å²) >= 11 is 5.66. The highest BCUT2D eigenvalue weighted by Crippen LogP contribution is 2.23. The van der Waals surface area contributed by atoms with Crippen LogP contribution in [0.1, 0.15) is 21.5 Å². The highest BCUT2D eigenvalue weighted by atomic mass is 32.1. The summed E-state index contributed by atoms with van der Waals surface area (Å²) in [6.45, 7) is 4.99. The van der Waals surface area contributed by atoms with Crippen LogP contribution in [-0.4, -0.2) is 68.0 Å². The van der Waals surface area contributed by atoms with Crippen molar-refractivity contribution in [3.63, 3.8) is 0 Å². The monoisotopic (exact) mass is 561 g/mol. The number of fused-ring (bicyclic) bond motifs is 1. The van der Waals surface area contributed by atoms with Crippen molar-refractivity contribution in [1.82, 2.24) is 23.6 Å². The molecule has 2 aromatic heterocycles. The molecule has 40 heavy (non-hydrogen) atoms. The molecule has 0 unspecified atom stereocenters. The molecule has 0 aliphatic carbocycles. The van der Waals surface area contributed by atoms with Crippen LogP contribution < -0.4 is 21.5 Å². The molecular formula is C28H31N7O4S. The lowest BCUT2D eigenvalue weighted by molar-refractivity contribution is 0.0600. The molecule has 0 spiro atoms. The molecule has 1 saturated heterocycles. The van der Waals surface area contributed by atoms with E-state index in [0.717, 1.165) is 21.4 Å². The Balaban J connectivity index is 1.39. The minimum atomic E-state index is -0.412. The van der Waals surface area contributed by atoms with Gasteiger partial charge >= 0.3 is 11.7 Å². The van der Waals surface area contributed by atoms with Crippen molar-refractivity contribution in [2.45, 2.75) is 13.5 Å². The summed E-state index contributed by atoms with van der Waals surface area (Å²) in [5, 5.41) is 3.81. The van der Waals surface area contributed by atoms with Crippen LogP contribution in [0.2, 0.25) is 0 Å². The van der Waals surface area contributed by atoms with Crippen LogP contribution in [0.15, 0.2) is 58.1 Å². The fourth-order valence-corrected chi connectivity index (χ4v) is 5.24. The highest BCUT2D eigenvalue weighted by molar-refractivity contribution is 7.80. The molecule has 5 rings (SSSR count). The van der Waals surface area contributed by atoms with Crippen molar-refractivity contribution in [2.75, 3.05) is 43.5 Å². The third kappa shape index (κ3) is 5.09. The number of imidazole rings is 1. The van der Waals surface area contributed by atoms with E-state index < -0.39 is 11.7 Å². The summed E-state index contributed by atoms with van der Waals surface area (Å²) in [7, 11) is 4.47. The fourth-order valence-electron chi connectivity index (χ4n) is 4.94. The molecule has 0 amide bonds. The molecule has 1 N–H and O–H groups in total. The largest absolute Gasteiger partial charge is 0.465 e. The van der Waals surface area contributed by atoms with Gasteiger partial charge in [0.1, 0.15) is 0 Å².